The van der Waals surface area contributed by atoms with Crippen molar-refractivity contribution in [3.63, 3.8) is 0 Å². The van der Waals surface area contributed by atoms with E-state index in [2.05, 4.69) is 49.6 Å². The van der Waals surface area contributed by atoms with Crippen LogP contribution in [0.2, 0.25) is 0 Å². The highest BCUT2D eigenvalue weighted by atomic mass is 16.2. The third kappa shape index (κ3) is 4.66. The van der Waals surface area contributed by atoms with E-state index < -0.39 is 0 Å². The Morgan fingerprint density at radius 3 is 2.46 bits per heavy atom. The summed E-state index contributed by atoms with van der Waals surface area (Å²) in [6.45, 7) is 6.81. The van der Waals surface area contributed by atoms with Crippen LogP contribution in [0.4, 0.5) is 0 Å². The fraction of sp³-hybridized carbons (Fsp3) is 0.348. The Morgan fingerprint density at radius 2 is 1.86 bits per heavy atom. The number of rotatable bonds is 6. The molecule has 5 heteroatoms. The van der Waals surface area contributed by atoms with Gasteiger partial charge >= 0.3 is 0 Å². The zero-order valence-corrected chi connectivity index (χ0v) is 16.5. The van der Waals surface area contributed by atoms with E-state index in [1.807, 2.05) is 18.2 Å². The van der Waals surface area contributed by atoms with Crippen LogP contribution in [0.25, 0.3) is 0 Å². The van der Waals surface area contributed by atoms with Gasteiger partial charge in [-0.1, -0.05) is 55.8 Å². The molecule has 3 rings (SSSR count). The predicted molar refractivity (Wildman–Crippen MR) is 108 cm³/mol. The van der Waals surface area contributed by atoms with Crippen molar-refractivity contribution in [2.75, 3.05) is 6.54 Å². The Balaban J connectivity index is 1.59. The first-order valence-electron chi connectivity index (χ1n) is 9.52. The van der Waals surface area contributed by atoms with Gasteiger partial charge in [0.2, 0.25) is 11.8 Å². The molecule has 2 aromatic carbocycles. The number of amides is 3. The van der Waals surface area contributed by atoms with Crippen LogP contribution in [0.15, 0.2) is 48.5 Å². The molecule has 1 fully saturated rings. The predicted octanol–water partition coefficient (Wildman–Crippen LogP) is 2.91. The molecular weight excluding hydrogens is 352 g/mol. The van der Waals surface area contributed by atoms with Crippen molar-refractivity contribution >= 4 is 17.7 Å². The maximum atomic E-state index is 12.5. The Labute approximate surface area is 165 Å². The number of hydrogen-bond acceptors (Lipinski definition) is 3. The van der Waals surface area contributed by atoms with Crippen LogP contribution in [0.3, 0.4) is 0 Å². The summed E-state index contributed by atoms with van der Waals surface area (Å²) in [4.78, 5) is 35.5. The SMILES string of the molecule is Cc1cccc(C(C)(C)CNC(=O)c2ccc(CC3CC(=O)NC3=O)cc2)c1. The van der Waals surface area contributed by atoms with Crippen molar-refractivity contribution in [1.82, 2.24) is 10.6 Å². The molecule has 1 heterocycles. The van der Waals surface area contributed by atoms with Crippen molar-refractivity contribution < 1.29 is 14.4 Å². The van der Waals surface area contributed by atoms with E-state index in [9.17, 15) is 14.4 Å². The summed E-state index contributed by atoms with van der Waals surface area (Å²) in [6, 6.07) is 15.5. The van der Waals surface area contributed by atoms with Crippen LogP contribution < -0.4 is 10.6 Å². The summed E-state index contributed by atoms with van der Waals surface area (Å²) in [5.41, 5.74) is 3.73. The highest BCUT2D eigenvalue weighted by Gasteiger charge is 2.30. The van der Waals surface area contributed by atoms with Gasteiger partial charge in [0.15, 0.2) is 0 Å². The minimum Gasteiger partial charge on any atom is -0.351 e. The molecule has 3 amide bonds. The molecule has 0 saturated carbocycles. The van der Waals surface area contributed by atoms with Crippen LogP contribution in [0, 0.1) is 12.8 Å². The first-order valence-corrected chi connectivity index (χ1v) is 9.52. The normalized spacial score (nSPS) is 16.8. The number of nitrogens with one attached hydrogen (secondary N) is 2. The molecule has 0 bridgehead atoms. The van der Waals surface area contributed by atoms with Gasteiger partial charge in [0.1, 0.15) is 0 Å². The lowest BCUT2D eigenvalue weighted by Gasteiger charge is -2.26. The van der Waals surface area contributed by atoms with Gasteiger partial charge in [-0.3, -0.25) is 19.7 Å². The van der Waals surface area contributed by atoms with E-state index in [0.717, 1.165) is 5.56 Å². The van der Waals surface area contributed by atoms with E-state index in [1.165, 1.54) is 11.1 Å². The number of carbonyl (C=O) groups is 3. The molecule has 0 radical (unpaired) electrons. The van der Waals surface area contributed by atoms with Gasteiger partial charge < -0.3 is 5.32 Å². The second-order valence-corrected chi connectivity index (χ2v) is 8.15. The zero-order chi connectivity index (χ0) is 20.3. The molecule has 1 aliphatic heterocycles. The molecule has 0 aliphatic carbocycles. The molecule has 1 unspecified atom stereocenters. The standard InChI is InChI=1S/C23H26N2O3/c1-15-5-4-6-19(11-15)23(2,3)14-24-21(27)17-9-7-16(8-10-17)12-18-13-20(26)25-22(18)28/h4-11,18H,12-14H2,1-3H3,(H,24,27)(H,25,26,28). The summed E-state index contributed by atoms with van der Waals surface area (Å²) in [5.74, 6) is -0.879. The molecule has 1 atom stereocenters. The number of benzene rings is 2. The van der Waals surface area contributed by atoms with Crippen LogP contribution in [-0.2, 0) is 21.4 Å². The van der Waals surface area contributed by atoms with E-state index in [4.69, 9.17) is 0 Å². The van der Waals surface area contributed by atoms with Gasteiger partial charge in [0, 0.05) is 23.9 Å². The number of imide groups is 1. The number of hydrogen-bond donors (Lipinski definition) is 2. The number of carbonyl (C=O) groups excluding carboxylic acids is 3. The Morgan fingerprint density at radius 1 is 1.14 bits per heavy atom. The van der Waals surface area contributed by atoms with E-state index in [-0.39, 0.29) is 35.5 Å². The van der Waals surface area contributed by atoms with E-state index in [1.54, 1.807) is 12.1 Å². The smallest absolute Gasteiger partial charge is 0.251 e. The first kappa shape index (κ1) is 19.8. The topological polar surface area (TPSA) is 75.3 Å². The lowest BCUT2D eigenvalue weighted by Crippen LogP contribution is -2.36. The molecule has 2 aromatic rings. The van der Waals surface area contributed by atoms with Gasteiger partial charge in [-0.15, -0.1) is 0 Å². The molecule has 5 nitrogen and oxygen atoms in total. The van der Waals surface area contributed by atoms with E-state index >= 15 is 0 Å². The molecule has 146 valence electrons. The summed E-state index contributed by atoms with van der Waals surface area (Å²) in [6.07, 6.45) is 0.731. The van der Waals surface area contributed by atoms with Crippen LogP contribution in [0.1, 0.15) is 47.3 Å². The fourth-order valence-electron chi connectivity index (χ4n) is 3.42. The maximum Gasteiger partial charge on any atom is 0.251 e. The second kappa shape index (κ2) is 7.97. The third-order valence-corrected chi connectivity index (χ3v) is 5.25. The van der Waals surface area contributed by atoms with Gasteiger partial charge in [-0.05, 0) is 36.6 Å². The van der Waals surface area contributed by atoms with Crippen molar-refractivity contribution in [1.29, 1.82) is 0 Å². The molecular formula is C23H26N2O3. The lowest BCUT2D eigenvalue weighted by molar-refractivity contribution is -0.125. The molecule has 2 N–H and O–H groups in total. The van der Waals surface area contributed by atoms with Gasteiger partial charge in [-0.25, -0.2) is 0 Å². The maximum absolute atomic E-state index is 12.5. The van der Waals surface area contributed by atoms with E-state index in [0.29, 0.717) is 18.5 Å². The van der Waals surface area contributed by atoms with Gasteiger partial charge in [0.05, 0.1) is 5.92 Å². The Kier molecular flexibility index (Phi) is 5.63. The number of aryl methyl sites for hydroxylation is 1. The van der Waals surface area contributed by atoms with Gasteiger partial charge in [-0.2, -0.15) is 0 Å². The third-order valence-electron chi connectivity index (χ3n) is 5.25. The Bertz CT molecular complexity index is 900. The van der Waals surface area contributed by atoms with Crippen molar-refractivity contribution in [2.24, 2.45) is 5.92 Å². The monoisotopic (exact) mass is 378 g/mol. The van der Waals surface area contributed by atoms with Gasteiger partial charge in [0.25, 0.3) is 5.91 Å². The molecule has 1 saturated heterocycles. The largest absolute Gasteiger partial charge is 0.351 e. The fourth-order valence-corrected chi connectivity index (χ4v) is 3.42. The highest BCUT2D eigenvalue weighted by molar-refractivity contribution is 6.03. The second-order valence-electron chi connectivity index (χ2n) is 8.15. The molecule has 28 heavy (non-hydrogen) atoms. The minimum atomic E-state index is -0.317. The zero-order valence-electron chi connectivity index (χ0n) is 16.5. The minimum absolute atomic E-state index is 0.124. The lowest BCUT2D eigenvalue weighted by atomic mass is 9.84. The quantitative estimate of drug-likeness (QED) is 0.759. The van der Waals surface area contributed by atoms with Crippen LogP contribution in [-0.4, -0.2) is 24.3 Å². The molecule has 1 aliphatic rings. The molecule has 0 aromatic heterocycles. The van der Waals surface area contributed by atoms with Crippen LogP contribution in [0.5, 0.6) is 0 Å². The average molecular weight is 378 g/mol. The van der Waals surface area contributed by atoms with Crippen LogP contribution >= 0.6 is 0 Å². The van der Waals surface area contributed by atoms with Crippen molar-refractivity contribution in [2.45, 2.75) is 39.0 Å². The van der Waals surface area contributed by atoms with Crippen molar-refractivity contribution in [3.8, 4) is 0 Å². The summed E-state index contributed by atoms with van der Waals surface area (Å²) >= 11 is 0. The summed E-state index contributed by atoms with van der Waals surface area (Å²) < 4.78 is 0. The Hall–Kier alpha value is -2.95. The van der Waals surface area contributed by atoms with Crippen molar-refractivity contribution in [3.05, 3.63) is 70.8 Å². The summed E-state index contributed by atoms with van der Waals surface area (Å²) in [5, 5.41) is 5.34. The first-order chi connectivity index (χ1) is 13.2. The summed E-state index contributed by atoms with van der Waals surface area (Å²) in [7, 11) is 0. The molecule has 0 spiro atoms. The average Bonchev–Trinajstić information content (AvgIpc) is 2.97. The highest BCUT2D eigenvalue weighted by Crippen LogP contribution is 2.23.